The van der Waals surface area contributed by atoms with Crippen LogP contribution in [-0.2, 0) is 9.53 Å². The smallest absolute Gasteiger partial charge is 0.310 e. The molecule has 0 unspecified atom stereocenters. The minimum atomic E-state index is -0.0155. The fraction of sp³-hybridized carbons (Fsp3) is 0.929. The van der Waals surface area contributed by atoms with E-state index in [1.165, 1.54) is 0 Å². The minimum Gasteiger partial charge on any atom is -0.466 e. The van der Waals surface area contributed by atoms with E-state index in [-0.39, 0.29) is 11.9 Å². The molecule has 0 radical (unpaired) electrons. The van der Waals surface area contributed by atoms with Gasteiger partial charge < -0.3 is 10.1 Å². The van der Waals surface area contributed by atoms with E-state index in [1.54, 1.807) is 0 Å². The highest BCUT2D eigenvalue weighted by molar-refractivity contribution is 5.73. The van der Waals surface area contributed by atoms with E-state index in [2.05, 4.69) is 26.1 Å². The zero-order valence-corrected chi connectivity index (χ0v) is 11.7. The van der Waals surface area contributed by atoms with Crippen LogP contribution in [0.2, 0.25) is 0 Å². The summed E-state index contributed by atoms with van der Waals surface area (Å²) >= 11 is 0. The first-order chi connectivity index (χ1) is 7.94. The van der Waals surface area contributed by atoms with Crippen molar-refractivity contribution in [3.8, 4) is 0 Å². The summed E-state index contributed by atoms with van der Waals surface area (Å²) in [7, 11) is 0. The van der Waals surface area contributed by atoms with Crippen LogP contribution in [0.3, 0.4) is 0 Å². The number of esters is 1. The van der Waals surface area contributed by atoms with E-state index < -0.39 is 0 Å². The number of hydrogen-bond donors (Lipinski definition) is 1. The fourth-order valence-electron chi connectivity index (χ4n) is 2.37. The summed E-state index contributed by atoms with van der Waals surface area (Å²) in [5.41, 5.74) is 0.352. The van der Waals surface area contributed by atoms with Gasteiger partial charge in [-0.15, -0.1) is 0 Å². The fourth-order valence-corrected chi connectivity index (χ4v) is 2.37. The Morgan fingerprint density at radius 3 is 2.65 bits per heavy atom. The molecule has 0 aliphatic heterocycles. The summed E-state index contributed by atoms with van der Waals surface area (Å²) in [6.07, 6.45) is 4.36. The lowest BCUT2D eigenvalue weighted by atomic mass is 9.92. The summed E-state index contributed by atoms with van der Waals surface area (Å²) in [6.45, 7) is 10.1. The molecular formula is C14H27NO2. The van der Waals surface area contributed by atoms with Crippen LogP contribution < -0.4 is 5.32 Å². The second kappa shape index (κ2) is 6.39. The van der Waals surface area contributed by atoms with Crippen LogP contribution in [-0.4, -0.2) is 25.2 Å². The van der Waals surface area contributed by atoms with Gasteiger partial charge in [-0.05, 0) is 38.1 Å². The summed E-state index contributed by atoms with van der Waals surface area (Å²) in [4.78, 5) is 11.8. The first-order valence-corrected chi connectivity index (χ1v) is 6.84. The third-order valence-electron chi connectivity index (χ3n) is 3.39. The molecule has 3 nitrogen and oxygen atoms in total. The highest BCUT2D eigenvalue weighted by Gasteiger charge is 2.33. The molecule has 1 aliphatic carbocycles. The second-order valence-corrected chi connectivity index (χ2v) is 6.16. The molecule has 1 rings (SSSR count). The molecule has 1 saturated carbocycles. The first kappa shape index (κ1) is 14.5. The van der Waals surface area contributed by atoms with Crippen molar-refractivity contribution in [1.82, 2.24) is 5.32 Å². The summed E-state index contributed by atoms with van der Waals surface area (Å²) in [5, 5.41) is 3.53. The number of rotatable bonds is 5. The minimum absolute atomic E-state index is 0.0155. The van der Waals surface area contributed by atoms with Gasteiger partial charge in [0.15, 0.2) is 0 Å². The molecule has 0 heterocycles. The molecule has 0 spiro atoms. The molecule has 0 bridgehead atoms. The Morgan fingerprint density at radius 2 is 2.06 bits per heavy atom. The van der Waals surface area contributed by atoms with Crippen molar-refractivity contribution in [2.75, 3.05) is 13.2 Å². The van der Waals surface area contributed by atoms with Crippen LogP contribution >= 0.6 is 0 Å². The Bertz CT molecular complexity index is 245. The lowest BCUT2D eigenvalue weighted by Crippen LogP contribution is -2.38. The van der Waals surface area contributed by atoms with E-state index in [9.17, 15) is 4.79 Å². The second-order valence-electron chi connectivity index (χ2n) is 6.16. The number of hydrogen-bond acceptors (Lipinski definition) is 3. The summed E-state index contributed by atoms with van der Waals surface area (Å²) in [5.74, 6) is 0.0631. The van der Waals surface area contributed by atoms with Crippen LogP contribution in [0.15, 0.2) is 0 Å². The first-order valence-electron chi connectivity index (χ1n) is 6.84. The van der Waals surface area contributed by atoms with Crippen LogP contribution in [0, 0.1) is 11.3 Å². The maximum atomic E-state index is 11.8. The summed E-state index contributed by atoms with van der Waals surface area (Å²) < 4.78 is 5.12. The molecule has 17 heavy (non-hydrogen) atoms. The number of nitrogens with one attached hydrogen (secondary N) is 1. The Morgan fingerprint density at radius 1 is 1.35 bits per heavy atom. The molecule has 2 atom stereocenters. The van der Waals surface area contributed by atoms with Crippen molar-refractivity contribution < 1.29 is 9.53 Å². The van der Waals surface area contributed by atoms with Gasteiger partial charge in [0.25, 0.3) is 0 Å². The molecule has 1 fully saturated rings. The van der Waals surface area contributed by atoms with E-state index in [0.717, 1.165) is 32.2 Å². The molecule has 0 saturated heterocycles. The molecule has 1 aliphatic rings. The predicted molar refractivity (Wildman–Crippen MR) is 69.8 cm³/mol. The molecule has 0 aromatic rings. The molecule has 0 amide bonds. The molecule has 100 valence electrons. The number of carbonyl (C=O) groups excluding carboxylic acids is 1. The monoisotopic (exact) mass is 241 g/mol. The SMILES string of the molecule is CCOC(=O)[C@H]1CCC[C@H]1NCCC(C)(C)C. The lowest BCUT2D eigenvalue weighted by Gasteiger charge is -2.23. The van der Waals surface area contributed by atoms with Crippen molar-refractivity contribution in [1.29, 1.82) is 0 Å². The Labute approximate surface area is 105 Å². The number of carbonyl (C=O) groups is 1. The van der Waals surface area contributed by atoms with E-state index in [4.69, 9.17) is 4.74 Å². The van der Waals surface area contributed by atoms with Crippen molar-refractivity contribution in [3.05, 3.63) is 0 Å². The van der Waals surface area contributed by atoms with Gasteiger partial charge >= 0.3 is 5.97 Å². The maximum absolute atomic E-state index is 11.8. The third-order valence-corrected chi connectivity index (χ3v) is 3.39. The van der Waals surface area contributed by atoms with Crippen LogP contribution in [0.4, 0.5) is 0 Å². The average Bonchev–Trinajstić information content (AvgIpc) is 2.64. The topological polar surface area (TPSA) is 38.3 Å². The van der Waals surface area contributed by atoms with Crippen LogP contribution in [0.5, 0.6) is 0 Å². The predicted octanol–water partition coefficient (Wildman–Crippen LogP) is 2.74. The van der Waals surface area contributed by atoms with Crippen molar-refractivity contribution in [2.45, 2.75) is 59.4 Å². The Kier molecular flexibility index (Phi) is 5.44. The highest BCUT2D eigenvalue weighted by atomic mass is 16.5. The zero-order valence-electron chi connectivity index (χ0n) is 11.7. The largest absolute Gasteiger partial charge is 0.466 e. The highest BCUT2D eigenvalue weighted by Crippen LogP contribution is 2.27. The zero-order chi connectivity index (χ0) is 12.9. The molecular weight excluding hydrogens is 214 g/mol. The van der Waals surface area contributed by atoms with Gasteiger partial charge in [-0.3, -0.25) is 4.79 Å². The van der Waals surface area contributed by atoms with Gasteiger partial charge in [-0.2, -0.15) is 0 Å². The van der Waals surface area contributed by atoms with Crippen molar-refractivity contribution in [3.63, 3.8) is 0 Å². The molecule has 0 aromatic heterocycles. The van der Waals surface area contributed by atoms with Gasteiger partial charge in [0.2, 0.25) is 0 Å². The summed E-state index contributed by atoms with van der Waals surface area (Å²) in [6, 6.07) is 0.330. The molecule has 1 N–H and O–H groups in total. The van der Waals surface area contributed by atoms with Gasteiger partial charge in [0.05, 0.1) is 12.5 Å². The Balaban J connectivity index is 2.34. The quantitative estimate of drug-likeness (QED) is 0.752. The Hall–Kier alpha value is -0.570. The molecule has 3 heteroatoms. The van der Waals surface area contributed by atoms with E-state index in [0.29, 0.717) is 18.1 Å². The van der Waals surface area contributed by atoms with Crippen molar-refractivity contribution in [2.24, 2.45) is 11.3 Å². The molecule has 0 aromatic carbocycles. The number of ether oxygens (including phenoxy) is 1. The van der Waals surface area contributed by atoms with E-state index >= 15 is 0 Å². The lowest BCUT2D eigenvalue weighted by molar-refractivity contribution is -0.148. The van der Waals surface area contributed by atoms with E-state index in [1.807, 2.05) is 6.92 Å². The van der Waals surface area contributed by atoms with Gasteiger partial charge in [0, 0.05) is 6.04 Å². The normalized spacial score (nSPS) is 24.9. The van der Waals surface area contributed by atoms with Gasteiger partial charge in [0.1, 0.15) is 0 Å². The van der Waals surface area contributed by atoms with Gasteiger partial charge in [-0.25, -0.2) is 0 Å². The standard InChI is InChI=1S/C14H27NO2/c1-5-17-13(16)11-7-6-8-12(11)15-10-9-14(2,3)4/h11-12,15H,5-10H2,1-4H3/t11-,12+/m0/s1. The van der Waals surface area contributed by atoms with Crippen LogP contribution in [0.25, 0.3) is 0 Å². The average molecular weight is 241 g/mol. The van der Waals surface area contributed by atoms with Crippen molar-refractivity contribution >= 4 is 5.97 Å². The van der Waals surface area contributed by atoms with Crippen LogP contribution in [0.1, 0.15) is 53.4 Å². The maximum Gasteiger partial charge on any atom is 0.310 e. The van der Waals surface area contributed by atoms with Gasteiger partial charge in [-0.1, -0.05) is 27.2 Å². The third kappa shape index (κ3) is 5.07.